The number of hydrogen-bond donors (Lipinski definition) is 3. The summed E-state index contributed by atoms with van der Waals surface area (Å²) in [4.78, 5) is 73.0. The molecule has 0 saturated carbocycles. The third kappa shape index (κ3) is 74.3. The van der Waals surface area contributed by atoms with Gasteiger partial charge in [0.2, 0.25) is 0 Å². The van der Waals surface area contributed by atoms with Crippen molar-refractivity contribution in [3.8, 4) is 0 Å². The Labute approximate surface area is 620 Å². The molecule has 0 aliphatic rings. The van der Waals surface area contributed by atoms with E-state index in [1.807, 2.05) is 18.2 Å². The van der Waals surface area contributed by atoms with Gasteiger partial charge in [0.25, 0.3) is 0 Å². The summed E-state index contributed by atoms with van der Waals surface area (Å²) in [5, 5.41) is 10.6. The number of esters is 4. The van der Waals surface area contributed by atoms with Crippen LogP contribution in [0.5, 0.6) is 0 Å². The van der Waals surface area contributed by atoms with Crippen molar-refractivity contribution in [3.05, 3.63) is 97.2 Å². The molecule has 17 nitrogen and oxygen atoms in total. The van der Waals surface area contributed by atoms with Gasteiger partial charge < -0.3 is 33.8 Å². The van der Waals surface area contributed by atoms with Crippen LogP contribution in [0.1, 0.15) is 349 Å². The number of phosphoric ester groups is 2. The molecule has 2 unspecified atom stereocenters. The summed E-state index contributed by atoms with van der Waals surface area (Å²) in [6.07, 6.45) is 79.7. The van der Waals surface area contributed by atoms with Crippen molar-refractivity contribution in [2.24, 2.45) is 0 Å². The lowest BCUT2D eigenvalue weighted by atomic mass is 10.1. The number of ether oxygens (including phenoxy) is 4. The zero-order valence-electron chi connectivity index (χ0n) is 64.5. The molecule has 0 aromatic heterocycles. The summed E-state index contributed by atoms with van der Waals surface area (Å²) in [6, 6.07) is 0. The highest BCUT2D eigenvalue weighted by molar-refractivity contribution is 7.47. The summed E-state index contributed by atoms with van der Waals surface area (Å²) in [6.45, 7) is 4.75. The lowest BCUT2D eigenvalue weighted by Crippen LogP contribution is -2.30. The number of unbranched alkanes of at least 4 members (excludes halogenated alkanes) is 34. The smallest absolute Gasteiger partial charge is 0.462 e. The van der Waals surface area contributed by atoms with Crippen molar-refractivity contribution in [2.75, 3.05) is 39.6 Å². The van der Waals surface area contributed by atoms with Crippen LogP contribution in [-0.2, 0) is 65.4 Å². The van der Waals surface area contributed by atoms with E-state index in [0.717, 1.165) is 141 Å². The number of allylic oxidation sites excluding steroid dienone is 16. The second kappa shape index (κ2) is 75.2. The molecule has 0 bridgehead atoms. The quantitative estimate of drug-likeness (QED) is 0.0169. The van der Waals surface area contributed by atoms with Gasteiger partial charge in [-0.05, 0) is 141 Å². The van der Waals surface area contributed by atoms with Crippen molar-refractivity contribution >= 4 is 39.5 Å². The van der Waals surface area contributed by atoms with E-state index in [-0.39, 0.29) is 25.7 Å². The Morgan fingerprint density at radius 3 is 0.833 bits per heavy atom. The van der Waals surface area contributed by atoms with E-state index in [0.29, 0.717) is 32.1 Å². The van der Waals surface area contributed by atoms with Crippen LogP contribution in [0.25, 0.3) is 0 Å². The van der Waals surface area contributed by atoms with Crippen molar-refractivity contribution in [2.45, 2.75) is 367 Å². The van der Waals surface area contributed by atoms with Crippen LogP contribution in [0.15, 0.2) is 97.2 Å². The average molecular weight is 1480 g/mol. The topological polar surface area (TPSA) is 237 Å². The van der Waals surface area contributed by atoms with Crippen molar-refractivity contribution < 1.29 is 80.2 Å². The van der Waals surface area contributed by atoms with Gasteiger partial charge in [-0.25, -0.2) is 9.13 Å². The highest BCUT2D eigenvalue weighted by Crippen LogP contribution is 2.45. The third-order valence-corrected chi connectivity index (χ3v) is 18.9. The minimum absolute atomic E-state index is 0.0296. The molecule has 19 heteroatoms. The summed E-state index contributed by atoms with van der Waals surface area (Å²) >= 11 is 0. The monoisotopic (exact) mass is 1480 g/mol. The zero-order valence-corrected chi connectivity index (χ0v) is 66.3. The first kappa shape index (κ1) is 98.0. The van der Waals surface area contributed by atoms with E-state index in [1.165, 1.54) is 122 Å². The zero-order chi connectivity index (χ0) is 74.6. The molecule has 102 heavy (non-hydrogen) atoms. The van der Waals surface area contributed by atoms with Crippen molar-refractivity contribution in [1.82, 2.24) is 0 Å². The average Bonchev–Trinajstić information content (AvgIpc) is 0.908. The Kier molecular flexibility index (Phi) is 72.3. The summed E-state index contributed by atoms with van der Waals surface area (Å²) in [5.74, 6) is -2.28. The molecule has 0 aromatic rings. The van der Waals surface area contributed by atoms with Gasteiger partial charge in [-0.2, -0.15) is 0 Å². The normalized spacial score (nSPS) is 14.4. The maximum absolute atomic E-state index is 13.1. The highest BCUT2D eigenvalue weighted by Gasteiger charge is 2.30. The Morgan fingerprint density at radius 1 is 0.275 bits per heavy atom. The number of aliphatic hydroxyl groups excluding tert-OH is 1. The van der Waals surface area contributed by atoms with E-state index in [2.05, 4.69) is 107 Å². The number of carbonyl (C=O) groups excluding carboxylic acids is 4. The van der Waals surface area contributed by atoms with Gasteiger partial charge in [-0.3, -0.25) is 37.3 Å². The fraction of sp³-hybridized carbons (Fsp3) is 0.759. The predicted molar refractivity (Wildman–Crippen MR) is 418 cm³/mol. The van der Waals surface area contributed by atoms with E-state index < -0.39 is 97.5 Å². The number of hydrogen-bond acceptors (Lipinski definition) is 15. The van der Waals surface area contributed by atoms with Crippen LogP contribution >= 0.6 is 15.6 Å². The molecule has 0 aliphatic carbocycles. The first-order valence-corrected chi connectivity index (χ1v) is 43.5. The van der Waals surface area contributed by atoms with Gasteiger partial charge in [0.1, 0.15) is 19.3 Å². The summed E-state index contributed by atoms with van der Waals surface area (Å²) in [5.41, 5.74) is 0. The van der Waals surface area contributed by atoms with E-state index >= 15 is 0 Å². The van der Waals surface area contributed by atoms with Gasteiger partial charge in [-0.15, -0.1) is 0 Å². The molecule has 0 aliphatic heterocycles. The Bertz CT molecular complexity index is 2310. The molecule has 3 N–H and O–H groups in total. The maximum atomic E-state index is 13.1. The van der Waals surface area contributed by atoms with Crippen molar-refractivity contribution in [3.63, 3.8) is 0 Å². The molecular weight excluding hydrogens is 1330 g/mol. The number of carbonyl (C=O) groups is 4. The molecule has 0 spiro atoms. The molecule has 0 radical (unpaired) electrons. The Morgan fingerprint density at radius 2 is 0.500 bits per heavy atom. The van der Waals surface area contributed by atoms with E-state index in [9.17, 15) is 43.2 Å². The minimum atomic E-state index is -5.00. The molecule has 0 amide bonds. The van der Waals surface area contributed by atoms with Gasteiger partial charge in [0.15, 0.2) is 12.2 Å². The van der Waals surface area contributed by atoms with Crippen molar-refractivity contribution in [1.29, 1.82) is 0 Å². The molecule has 0 aromatic carbocycles. The second-order valence-corrected chi connectivity index (χ2v) is 29.9. The second-order valence-electron chi connectivity index (χ2n) is 27.0. The maximum Gasteiger partial charge on any atom is 0.472 e. The van der Waals surface area contributed by atoms with Crippen LogP contribution in [0.2, 0.25) is 0 Å². The fourth-order valence-corrected chi connectivity index (χ4v) is 12.4. The molecule has 0 saturated heterocycles. The lowest BCUT2D eigenvalue weighted by Gasteiger charge is -2.21. The molecule has 5 atom stereocenters. The SMILES string of the molecule is CCCCC/C=C\C/C=C\C/C=C\C/C=C\C/C=C\CCC(=O)O[C@H](COC(=O)CCCCCCC/C=C\CCCCCCCC)COP(=O)(O)OC[C@@H](O)COP(=O)(O)OC[C@@H](COC(=O)CCCCCCCCC/C=C\CCCCCC)OC(=O)CCCCCCC/C=C\CCCCCC. The Balaban J connectivity index is 5.42. The summed E-state index contributed by atoms with van der Waals surface area (Å²) in [7, 11) is -9.98. The molecule has 0 fully saturated rings. The largest absolute Gasteiger partial charge is 0.472 e. The van der Waals surface area contributed by atoms with E-state index in [4.69, 9.17) is 37.0 Å². The van der Waals surface area contributed by atoms with Gasteiger partial charge in [0.05, 0.1) is 26.4 Å². The fourth-order valence-electron chi connectivity index (χ4n) is 10.8. The minimum Gasteiger partial charge on any atom is -0.462 e. The standard InChI is InChI=1S/C83H146O17P2/c1-5-9-13-17-21-25-29-33-36-37-38-39-42-46-50-54-58-62-66-70-83(88)100-79(74-94-81(86)68-64-60-56-52-48-45-41-35-31-27-23-19-15-11-7-3)76-98-102(91,92)96-72-77(84)71-95-101(89,90)97-75-78(99-82(87)69-65-61-57-53-49-43-32-28-24-20-16-12-8-4)73-93-80(85)67-63-59-55-51-47-44-40-34-30-26-22-18-14-10-6-2/h21,25-26,28,30,32-33,35-36,38-39,41,46,50,58,62,77-79,84H,5-20,22-24,27,29,31,34,37,40,42-45,47-49,51-57,59-61,63-76H2,1-4H3,(H,89,90)(H,91,92)/b25-21-,30-26-,32-28-,36-33-,39-38-,41-35-,50-46-,62-58-/t77-,78+,79+/m0/s1. The lowest BCUT2D eigenvalue weighted by molar-refractivity contribution is -0.161. The van der Waals surface area contributed by atoms with Crippen LogP contribution < -0.4 is 0 Å². The van der Waals surface area contributed by atoms with Crippen LogP contribution in [0.3, 0.4) is 0 Å². The summed E-state index contributed by atoms with van der Waals surface area (Å²) < 4.78 is 68.5. The first-order chi connectivity index (χ1) is 49.7. The number of rotatable bonds is 76. The highest BCUT2D eigenvalue weighted by atomic mass is 31.2. The van der Waals surface area contributed by atoms with Gasteiger partial charge in [0, 0.05) is 25.7 Å². The first-order valence-electron chi connectivity index (χ1n) is 40.5. The van der Waals surface area contributed by atoms with Crippen LogP contribution in [0, 0.1) is 0 Å². The number of aliphatic hydroxyl groups is 1. The molecule has 0 heterocycles. The third-order valence-electron chi connectivity index (χ3n) is 17.0. The van der Waals surface area contributed by atoms with Gasteiger partial charge >= 0.3 is 39.5 Å². The molecule has 590 valence electrons. The van der Waals surface area contributed by atoms with Gasteiger partial charge in [-0.1, -0.05) is 279 Å². The van der Waals surface area contributed by atoms with Crippen LogP contribution in [0.4, 0.5) is 0 Å². The predicted octanol–water partition coefficient (Wildman–Crippen LogP) is 23.6. The van der Waals surface area contributed by atoms with Crippen LogP contribution in [-0.4, -0.2) is 96.7 Å². The van der Waals surface area contributed by atoms with E-state index in [1.54, 1.807) is 0 Å². The number of phosphoric acid groups is 2. The molecule has 0 rings (SSSR count). The molecular formula is C83H146O17P2. The Hall–Kier alpha value is -4.02.